The highest BCUT2D eigenvalue weighted by Gasteiger charge is 2.08. The van der Waals surface area contributed by atoms with Gasteiger partial charge in [0.05, 0.1) is 18.1 Å². The van der Waals surface area contributed by atoms with E-state index >= 15 is 0 Å². The highest BCUT2D eigenvalue weighted by molar-refractivity contribution is 5.86. The van der Waals surface area contributed by atoms with Crippen LogP contribution in [0.5, 0.6) is 0 Å². The predicted octanol–water partition coefficient (Wildman–Crippen LogP) is 0.655. The fourth-order valence-corrected chi connectivity index (χ4v) is 0.302. The molecule has 80 valence electrons. The number of carboxylic acids is 2. The number of carbonyl (C=O) groups is 2. The molecular formula is C9H14O5. The van der Waals surface area contributed by atoms with Crippen molar-refractivity contribution in [3.05, 3.63) is 24.8 Å². The lowest BCUT2D eigenvalue weighted by molar-refractivity contribution is -0.136. The van der Waals surface area contributed by atoms with E-state index in [9.17, 15) is 9.59 Å². The third-order valence-electron chi connectivity index (χ3n) is 1.10. The van der Waals surface area contributed by atoms with Crippen LogP contribution in [-0.4, -0.2) is 33.4 Å². The minimum absolute atomic E-state index is 0.0556. The quantitative estimate of drug-likeness (QED) is 0.459. The highest BCUT2D eigenvalue weighted by Crippen LogP contribution is 1.95. The SMILES string of the molecule is C=C(C(=O)O)C(C)O.C=CCC(=O)O. The smallest absolute Gasteiger partial charge is 0.333 e. The van der Waals surface area contributed by atoms with Crippen LogP contribution in [0.1, 0.15) is 13.3 Å². The summed E-state index contributed by atoms with van der Waals surface area (Å²) in [5.74, 6) is -1.98. The Hall–Kier alpha value is -1.62. The molecule has 0 saturated carbocycles. The summed E-state index contributed by atoms with van der Waals surface area (Å²) in [6.45, 7) is 7.68. The van der Waals surface area contributed by atoms with Crippen molar-refractivity contribution in [2.75, 3.05) is 0 Å². The second-order valence-electron chi connectivity index (χ2n) is 2.39. The number of hydrogen-bond donors (Lipinski definition) is 3. The predicted molar refractivity (Wildman–Crippen MR) is 50.9 cm³/mol. The van der Waals surface area contributed by atoms with Gasteiger partial charge < -0.3 is 15.3 Å². The van der Waals surface area contributed by atoms with Crippen molar-refractivity contribution in [3.63, 3.8) is 0 Å². The van der Waals surface area contributed by atoms with Crippen LogP contribution in [0.15, 0.2) is 24.8 Å². The van der Waals surface area contributed by atoms with Crippen molar-refractivity contribution < 1.29 is 24.9 Å². The summed E-state index contributed by atoms with van der Waals surface area (Å²) in [5, 5.41) is 24.4. The van der Waals surface area contributed by atoms with Gasteiger partial charge >= 0.3 is 11.9 Å². The number of aliphatic hydroxyl groups is 1. The van der Waals surface area contributed by atoms with Crippen molar-refractivity contribution in [3.8, 4) is 0 Å². The van der Waals surface area contributed by atoms with Crippen LogP contribution >= 0.6 is 0 Å². The number of aliphatic carboxylic acids is 2. The molecule has 0 aliphatic rings. The first-order valence-electron chi connectivity index (χ1n) is 3.75. The summed E-state index contributed by atoms with van der Waals surface area (Å²) in [6.07, 6.45) is 0.454. The molecule has 0 fully saturated rings. The van der Waals surface area contributed by atoms with E-state index < -0.39 is 18.0 Å². The number of rotatable bonds is 4. The Morgan fingerprint density at radius 1 is 1.43 bits per heavy atom. The third kappa shape index (κ3) is 10.4. The topological polar surface area (TPSA) is 94.8 Å². The van der Waals surface area contributed by atoms with E-state index in [-0.39, 0.29) is 12.0 Å². The Kier molecular flexibility index (Phi) is 8.50. The minimum atomic E-state index is -1.15. The highest BCUT2D eigenvalue weighted by atomic mass is 16.4. The van der Waals surface area contributed by atoms with E-state index in [0.29, 0.717) is 0 Å². The zero-order chi connectivity index (χ0) is 11.7. The Labute approximate surface area is 82.0 Å². The lowest BCUT2D eigenvalue weighted by Crippen LogP contribution is -2.11. The second kappa shape index (κ2) is 8.00. The second-order valence-corrected chi connectivity index (χ2v) is 2.39. The molecule has 0 rings (SSSR count). The van der Waals surface area contributed by atoms with Crippen molar-refractivity contribution in [2.24, 2.45) is 0 Å². The van der Waals surface area contributed by atoms with Gasteiger partial charge in [-0.1, -0.05) is 12.7 Å². The molecule has 3 N–H and O–H groups in total. The third-order valence-corrected chi connectivity index (χ3v) is 1.10. The van der Waals surface area contributed by atoms with Crippen molar-refractivity contribution >= 4 is 11.9 Å². The van der Waals surface area contributed by atoms with Crippen LogP contribution in [-0.2, 0) is 9.59 Å². The van der Waals surface area contributed by atoms with Gasteiger partial charge in [-0.15, -0.1) is 6.58 Å². The van der Waals surface area contributed by atoms with Crippen LogP contribution in [0.3, 0.4) is 0 Å². The Morgan fingerprint density at radius 2 is 1.86 bits per heavy atom. The summed E-state index contributed by atoms with van der Waals surface area (Å²) >= 11 is 0. The molecule has 1 atom stereocenters. The first kappa shape index (κ1) is 14.9. The number of aliphatic hydroxyl groups excluding tert-OH is 1. The number of hydrogen-bond acceptors (Lipinski definition) is 3. The van der Waals surface area contributed by atoms with Crippen molar-refractivity contribution in [1.29, 1.82) is 0 Å². The van der Waals surface area contributed by atoms with Gasteiger partial charge in [-0.2, -0.15) is 0 Å². The lowest BCUT2D eigenvalue weighted by Gasteiger charge is -1.99. The van der Waals surface area contributed by atoms with Crippen LogP contribution in [0.2, 0.25) is 0 Å². The lowest BCUT2D eigenvalue weighted by atomic mass is 10.2. The molecule has 0 aromatic heterocycles. The first-order chi connectivity index (χ1) is 6.32. The van der Waals surface area contributed by atoms with Gasteiger partial charge in [0.15, 0.2) is 0 Å². The van der Waals surface area contributed by atoms with Crippen LogP contribution in [0.4, 0.5) is 0 Å². The summed E-state index contributed by atoms with van der Waals surface area (Å²) < 4.78 is 0. The summed E-state index contributed by atoms with van der Waals surface area (Å²) in [5.41, 5.74) is -0.176. The average molecular weight is 202 g/mol. The minimum Gasteiger partial charge on any atom is -0.481 e. The molecule has 5 nitrogen and oxygen atoms in total. The van der Waals surface area contributed by atoms with Crippen molar-refractivity contribution in [1.82, 2.24) is 0 Å². The molecular weight excluding hydrogens is 188 g/mol. The van der Waals surface area contributed by atoms with Gasteiger partial charge in [0.25, 0.3) is 0 Å². The van der Waals surface area contributed by atoms with Gasteiger partial charge in [0.2, 0.25) is 0 Å². The first-order valence-corrected chi connectivity index (χ1v) is 3.75. The molecule has 0 aliphatic heterocycles. The molecule has 0 spiro atoms. The molecule has 5 heteroatoms. The Bertz CT molecular complexity index is 229. The molecule has 0 heterocycles. The van der Waals surface area contributed by atoms with Gasteiger partial charge in [0.1, 0.15) is 0 Å². The normalized spacial score (nSPS) is 10.4. The Balaban J connectivity index is 0. The van der Waals surface area contributed by atoms with Gasteiger partial charge in [-0.25, -0.2) is 4.79 Å². The van der Waals surface area contributed by atoms with Crippen LogP contribution < -0.4 is 0 Å². The maximum absolute atomic E-state index is 9.88. The van der Waals surface area contributed by atoms with E-state index in [1.165, 1.54) is 13.0 Å². The van der Waals surface area contributed by atoms with E-state index in [2.05, 4.69) is 13.2 Å². The van der Waals surface area contributed by atoms with Gasteiger partial charge in [-0.05, 0) is 6.92 Å². The molecule has 1 unspecified atom stereocenters. The molecule has 0 radical (unpaired) electrons. The molecule has 0 aromatic rings. The Morgan fingerprint density at radius 3 is 1.86 bits per heavy atom. The monoisotopic (exact) mass is 202 g/mol. The molecule has 0 aromatic carbocycles. The largest absolute Gasteiger partial charge is 0.481 e. The summed E-state index contributed by atoms with van der Waals surface area (Å²) in [7, 11) is 0. The molecule has 0 aliphatic carbocycles. The van der Waals surface area contributed by atoms with Crippen LogP contribution in [0, 0.1) is 0 Å². The van der Waals surface area contributed by atoms with Gasteiger partial charge in [-0.3, -0.25) is 4.79 Å². The molecule has 0 saturated heterocycles. The maximum Gasteiger partial charge on any atom is 0.333 e. The zero-order valence-corrected chi connectivity index (χ0v) is 7.93. The molecule has 0 amide bonds. The van der Waals surface area contributed by atoms with Gasteiger partial charge in [0, 0.05) is 0 Å². The number of carboxylic acid groups (broad SMARTS) is 2. The van der Waals surface area contributed by atoms with E-state index in [1.807, 2.05) is 0 Å². The summed E-state index contributed by atoms with van der Waals surface area (Å²) in [6, 6.07) is 0. The standard InChI is InChI=1S/C5H8O3.C4H6O2/c1-3(4(2)6)5(7)8;1-2-3-4(5)6/h4,6H,1H2,2H3,(H,7,8);2H,1,3H2,(H,5,6). The zero-order valence-electron chi connectivity index (χ0n) is 7.93. The van der Waals surface area contributed by atoms with E-state index in [1.54, 1.807) is 0 Å². The fraction of sp³-hybridized carbons (Fsp3) is 0.333. The molecule has 0 bridgehead atoms. The maximum atomic E-state index is 9.88. The van der Waals surface area contributed by atoms with Crippen molar-refractivity contribution in [2.45, 2.75) is 19.4 Å². The van der Waals surface area contributed by atoms with E-state index in [4.69, 9.17) is 15.3 Å². The van der Waals surface area contributed by atoms with E-state index in [0.717, 1.165) is 0 Å². The van der Waals surface area contributed by atoms with Crippen LogP contribution in [0.25, 0.3) is 0 Å². The fourth-order valence-electron chi connectivity index (χ4n) is 0.302. The molecule has 14 heavy (non-hydrogen) atoms. The summed E-state index contributed by atoms with van der Waals surface area (Å²) in [4.78, 5) is 19.4. The average Bonchev–Trinajstić information content (AvgIpc) is 2.03.